The van der Waals surface area contributed by atoms with Crippen LogP contribution in [0.2, 0.25) is 16.6 Å². The van der Waals surface area contributed by atoms with Gasteiger partial charge in [-0.3, -0.25) is 4.18 Å². The van der Waals surface area contributed by atoms with Crippen LogP contribution in [0, 0.1) is 6.92 Å². The minimum absolute atomic E-state index is 0.0497. The lowest BCUT2D eigenvalue weighted by atomic mass is 10.2. The molecule has 4 nitrogen and oxygen atoms in total. The molecule has 0 aliphatic rings. The minimum atomic E-state index is -3.70. The summed E-state index contributed by atoms with van der Waals surface area (Å²) in [5.74, 6) is 0. The molecule has 0 aliphatic heterocycles. The molecule has 0 bridgehead atoms. The average Bonchev–Trinajstić information content (AvgIpc) is 2.62. The van der Waals surface area contributed by atoms with E-state index in [1.807, 2.05) is 13.0 Å². The second-order valence-electron chi connectivity index (χ2n) is 8.85. The molecule has 29 heavy (non-hydrogen) atoms. The van der Waals surface area contributed by atoms with Crippen LogP contribution in [0.1, 0.15) is 66.9 Å². The van der Waals surface area contributed by atoms with E-state index in [1.54, 1.807) is 30.3 Å². The third kappa shape index (κ3) is 7.35. The molecule has 0 unspecified atom stereocenters. The normalized spacial score (nSPS) is 14.4. The topological polar surface area (TPSA) is 52.6 Å². The standard InChI is InChI=1S/C23H40O4SSi/c1-18(2)29(19(3)4,20(5)6)27-22(8)12-10-9-11-17-26-28(24,25)23-15-13-21(7)14-16-23/h9,11,13-16,18-20,22H,10,12,17H2,1-8H3/b11-9+/t22-/m0/s1. The highest BCUT2D eigenvalue weighted by molar-refractivity contribution is 7.86. The van der Waals surface area contributed by atoms with Crippen molar-refractivity contribution in [2.75, 3.05) is 6.61 Å². The minimum Gasteiger partial charge on any atom is -0.413 e. The van der Waals surface area contributed by atoms with Crippen molar-refractivity contribution >= 4 is 18.4 Å². The summed E-state index contributed by atoms with van der Waals surface area (Å²) < 4.78 is 36.1. The Kier molecular flexibility index (Phi) is 10.3. The van der Waals surface area contributed by atoms with E-state index in [-0.39, 0.29) is 17.6 Å². The maximum Gasteiger partial charge on any atom is 0.297 e. The molecule has 1 aromatic rings. The zero-order chi connectivity index (χ0) is 22.2. The van der Waals surface area contributed by atoms with Gasteiger partial charge in [0.05, 0.1) is 11.5 Å². The van der Waals surface area contributed by atoms with Gasteiger partial charge in [0.2, 0.25) is 8.32 Å². The van der Waals surface area contributed by atoms with Gasteiger partial charge in [0.25, 0.3) is 10.1 Å². The second kappa shape index (κ2) is 11.4. The van der Waals surface area contributed by atoms with Gasteiger partial charge < -0.3 is 4.43 Å². The first-order valence-electron chi connectivity index (χ1n) is 10.7. The Labute approximate surface area is 180 Å². The Morgan fingerprint density at radius 2 is 1.41 bits per heavy atom. The molecule has 1 rings (SSSR count). The molecule has 6 heteroatoms. The van der Waals surface area contributed by atoms with Crippen LogP contribution < -0.4 is 0 Å². The summed E-state index contributed by atoms with van der Waals surface area (Å²) in [6.07, 6.45) is 5.70. The van der Waals surface area contributed by atoms with Gasteiger partial charge in [-0.05, 0) is 55.4 Å². The van der Waals surface area contributed by atoms with Crippen molar-refractivity contribution in [2.45, 2.75) is 95.9 Å². The van der Waals surface area contributed by atoms with E-state index < -0.39 is 18.4 Å². The lowest BCUT2D eigenvalue weighted by Gasteiger charge is -2.44. The summed E-state index contributed by atoms with van der Waals surface area (Å²) in [4.78, 5) is 0.191. The zero-order valence-corrected chi connectivity index (χ0v) is 21.3. The fourth-order valence-corrected chi connectivity index (χ4v) is 10.7. The molecule has 166 valence electrons. The summed E-state index contributed by atoms with van der Waals surface area (Å²) >= 11 is 0. The van der Waals surface area contributed by atoms with E-state index in [4.69, 9.17) is 8.61 Å². The summed E-state index contributed by atoms with van der Waals surface area (Å²) in [6.45, 7) is 17.9. The van der Waals surface area contributed by atoms with Gasteiger partial charge in [0.1, 0.15) is 0 Å². The van der Waals surface area contributed by atoms with Crippen molar-refractivity contribution in [2.24, 2.45) is 0 Å². The maximum atomic E-state index is 12.2. The Balaban J connectivity index is 2.52. The predicted molar refractivity (Wildman–Crippen MR) is 124 cm³/mol. The summed E-state index contributed by atoms with van der Waals surface area (Å²) in [6, 6.07) is 6.67. The molecule has 1 aromatic carbocycles. The van der Waals surface area contributed by atoms with Crippen LogP contribution in [0.5, 0.6) is 0 Å². The molecule has 0 saturated carbocycles. The first kappa shape index (κ1) is 26.1. The smallest absolute Gasteiger partial charge is 0.297 e. The highest BCUT2D eigenvalue weighted by atomic mass is 32.2. The predicted octanol–water partition coefficient (Wildman–Crippen LogP) is 6.62. The first-order valence-corrected chi connectivity index (χ1v) is 14.3. The molecule has 0 spiro atoms. The molecule has 1 atom stereocenters. The number of aryl methyl sites for hydroxylation is 1. The molecule has 0 heterocycles. The van der Waals surface area contributed by atoms with Crippen molar-refractivity contribution in [3.05, 3.63) is 42.0 Å². The van der Waals surface area contributed by atoms with Gasteiger partial charge in [0.15, 0.2) is 0 Å². The molecular weight excluding hydrogens is 400 g/mol. The Morgan fingerprint density at radius 1 is 0.897 bits per heavy atom. The van der Waals surface area contributed by atoms with E-state index in [1.165, 1.54) is 0 Å². The average molecular weight is 441 g/mol. The van der Waals surface area contributed by atoms with Crippen LogP contribution >= 0.6 is 0 Å². The molecule has 0 N–H and O–H groups in total. The van der Waals surface area contributed by atoms with Crippen molar-refractivity contribution in [3.63, 3.8) is 0 Å². The summed E-state index contributed by atoms with van der Waals surface area (Å²) in [5.41, 5.74) is 2.72. The van der Waals surface area contributed by atoms with Crippen LogP contribution in [0.4, 0.5) is 0 Å². The number of rotatable bonds is 12. The van der Waals surface area contributed by atoms with Crippen molar-refractivity contribution in [1.82, 2.24) is 0 Å². The molecule has 0 fully saturated rings. The van der Waals surface area contributed by atoms with Gasteiger partial charge in [-0.1, -0.05) is 71.4 Å². The fourth-order valence-electron chi connectivity index (χ4n) is 4.23. The van der Waals surface area contributed by atoms with E-state index in [0.717, 1.165) is 18.4 Å². The summed E-state index contributed by atoms with van der Waals surface area (Å²) in [5, 5.41) is 0. The van der Waals surface area contributed by atoms with Crippen LogP contribution in [0.15, 0.2) is 41.3 Å². The molecule has 0 aromatic heterocycles. The van der Waals surface area contributed by atoms with Crippen LogP contribution in [-0.4, -0.2) is 29.4 Å². The van der Waals surface area contributed by atoms with Crippen LogP contribution in [-0.2, 0) is 18.7 Å². The van der Waals surface area contributed by atoms with Crippen molar-refractivity contribution < 1.29 is 17.0 Å². The van der Waals surface area contributed by atoms with Crippen molar-refractivity contribution in [1.29, 1.82) is 0 Å². The second-order valence-corrected chi connectivity index (χ2v) is 15.9. The maximum absolute atomic E-state index is 12.2. The number of hydrogen-bond acceptors (Lipinski definition) is 4. The number of hydrogen-bond donors (Lipinski definition) is 0. The lowest BCUT2D eigenvalue weighted by Crippen LogP contribution is -2.49. The van der Waals surface area contributed by atoms with E-state index in [0.29, 0.717) is 16.6 Å². The van der Waals surface area contributed by atoms with Crippen LogP contribution in [0.3, 0.4) is 0 Å². The van der Waals surface area contributed by atoms with Gasteiger partial charge in [-0.2, -0.15) is 8.42 Å². The third-order valence-electron chi connectivity index (χ3n) is 5.65. The Hall–Kier alpha value is -0.953. The molecule has 0 radical (unpaired) electrons. The highest BCUT2D eigenvalue weighted by Gasteiger charge is 2.45. The van der Waals surface area contributed by atoms with Crippen LogP contribution in [0.25, 0.3) is 0 Å². The quantitative estimate of drug-likeness (QED) is 0.208. The summed E-state index contributed by atoms with van der Waals surface area (Å²) in [7, 11) is -5.56. The van der Waals surface area contributed by atoms with Gasteiger partial charge >= 0.3 is 0 Å². The number of allylic oxidation sites excluding steroid dienone is 1. The fraction of sp³-hybridized carbons (Fsp3) is 0.652. The highest BCUT2D eigenvalue weighted by Crippen LogP contribution is 2.43. The van der Waals surface area contributed by atoms with Gasteiger partial charge in [-0.15, -0.1) is 0 Å². The lowest BCUT2D eigenvalue weighted by molar-refractivity contribution is 0.183. The van der Waals surface area contributed by atoms with E-state index in [2.05, 4.69) is 48.5 Å². The molecule has 0 saturated heterocycles. The Bertz CT molecular complexity index is 715. The Morgan fingerprint density at radius 3 is 1.90 bits per heavy atom. The van der Waals surface area contributed by atoms with Gasteiger partial charge in [0, 0.05) is 6.10 Å². The molecule has 0 amide bonds. The third-order valence-corrected chi connectivity index (χ3v) is 13.2. The SMILES string of the molecule is Cc1ccc(S(=O)(=O)OC/C=C/CC[C@H](C)O[Si](C(C)C)(C(C)C)C(C)C)cc1. The monoisotopic (exact) mass is 440 g/mol. The van der Waals surface area contributed by atoms with E-state index >= 15 is 0 Å². The van der Waals surface area contributed by atoms with Gasteiger partial charge in [-0.25, -0.2) is 0 Å². The zero-order valence-electron chi connectivity index (χ0n) is 19.4. The van der Waals surface area contributed by atoms with Crippen molar-refractivity contribution in [3.8, 4) is 0 Å². The largest absolute Gasteiger partial charge is 0.413 e. The number of benzene rings is 1. The molecule has 0 aliphatic carbocycles. The van der Waals surface area contributed by atoms with E-state index in [9.17, 15) is 8.42 Å². The molecular formula is C23H40O4SSi. The first-order chi connectivity index (χ1) is 13.4.